The molecule has 1 aromatic carbocycles. The highest BCUT2D eigenvalue weighted by Gasteiger charge is 2.13. The second kappa shape index (κ2) is 8.37. The normalized spacial score (nSPS) is 12.4. The second-order valence-corrected chi connectivity index (χ2v) is 5.94. The highest BCUT2D eigenvalue weighted by molar-refractivity contribution is 5.98. The molecule has 0 bridgehead atoms. The maximum absolute atomic E-state index is 12.2. The van der Waals surface area contributed by atoms with Crippen LogP contribution in [0.4, 0.5) is 22.2 Å². The van der Waals surface area contributed by atoms with E-state index in [2.05, 4.69) is 32.8 Å². The molecule has 0 unspecified atom stereocenters. The smallest absolute Gasteiger partial charge is 0.326 e. The number of nitrogens with zero attached hydrogens (tertiary/aromatic N) is 2. The summed E-state index contributed by atoms with van der Waals surface area (Å²) in [6.45, 7) is 5.83. The number of aryl methyl sites for hydroxylation is 1. The van der Waals surface area contributed by atoms with Crippen molar-refractivity contribution in [3.05, 3.63) is 30.0 Å². The van der Waals surface area contributed by atoms with Gasteiger partial charge in [0.25, 0.3) is 0 Å². The number of hydrogen-bond acceptors (Lipinski definition) is 6. The van der Waals surface area contributed by atoms with Gasteiger partial charge in [0.05, 0.1) is 0 Å². The fourth-order valence-electron chi connectivity index (χ4n) is 2.49. The van der Waals surface area contributed by atoms with Gasteiger partial charge in [0.2, 0.25) is 5.95 Å². The largest absolute Gasteiger partial charge is 0.486 e. The number of fused-ring (bicyclic) bond motifs is 1. The molecular weight excluding hydrogens is 334 g/mol. The van der Waals surface area contributed by atoms with Crippen molar-refractivity contribution in [2.45, 2.75) is 26.7 Å². The SMILES string of the molecule is CCCCNc1cc(C)nc(NC(=O)Nc2ccc3c(c2)OCCO3)n1. The number of aromatic nitrogens is 2. The van der Waals surface area contributed by atoms with Crippen LogP contribution >= 0.6 is 0 Å². The van der Waals surface area contributed by atoms with Crippen molar-refractivity contribution < 1.29 is 14.3 Å². The van der Waals surface area contributed by atoms with Crippen molar-refractivity contribution in [2.75, 3.05) is 35.7 Å². The van der Waals surface area contributed by atoms with E-state index in [0.717, 1.165) is 25.1 Å². The van der Waals surface area contributed by atoms with Crippen LogP contribution in [-0.4, -0.2) is 35.8 Å². The number of unbranched alkanes of at least 4 members (excludes halogenated alkanes) is 1. The van der Waals surface area contributed by atoms with E-state index < -0.39 is 6.03 Å². The van der Waals surface area contributed by atoms with E-state index in [9.17, 15) is 4.79 Å². The Morgan fingerprint density at radius 1 is 1.12 bits per heavy atom. The molecule has 3 rings (SSSR count). The van der Waals surface area contributed by atoms with Crippen LogP contribution in [0.15, 0.2) is 24.3 Å². The molecule has 0 spiro atoms. The third kappa shape index (κ3) is 4.75. The number of ether oxygens (including phenoxy) is 2. The molecular formula is C18H23N5O3. The van der Waals surface area contributed by atoms with E-state index in [1.807, 2.05) is 13.0 Å². The maximum atomic E-state index is 12.2. The Labute approximate surface area is 152 Å². The summed E-state index contributed by atoms with van der Waals surface area (Å²) in [5, 5.41) is 8.63. The lowest BCUT2D eigenvalue weighted by Gasteiger charge is -2.19. The predicted molar refractivity (Wildman–Crippen MR) is 100 cm³/mol. The Balaban J connectivity index is 1.62. The highest BCUT2D eigenvalue weighted by Crippen LogP contribution is 2.32. The van der Waals surface area contributed by atoms with Gasteiger partial charge < -0.3 is 20.1 Å². The number of carbonyl (C=O) groups is 1. The Morgan fingerprint density at radius 2 is 1.92 bits per heavy atom. The van der Waals surface area contributed by atoms with Gasteiger partial charge >= 0.3 is 6.03 Å². The van der Waals surface area contributed by atoms with Crippen molar-refractivity contribution in [1.82, 2.24) is 9.97 Å². The summed E-state index contributed by atoms with van der Waals surface area (Å²) < 4.78 is 11.0. The van der Waals surface area contributed by atoms with Crippen molar-refractivity contribution in [2.24, 2.45) is 0 Å². The summed E-state index contributed by atoms with van der Waals surface area (Å²) in [4.78, 5) is 20.8. The van der Waals surface area contributed by atoms with E-state index in [1.54, 1.807) is 18.2 Å². The summed E-state index contributed by atoms with van der Waals surface area (Å²) >= 11 is 0. The zero-order valence-electron chi connectivity index (χ0n) is 15.0. The molecule has 1 aliphatic rings. The van der Waals surface area contributed by atoms with Crippen LogP contribution in [0.1, 0.15) is 25.5 Å². The zero-order valence-corrected chi connectivity index (χ0v) is 15.0. The van der Waals surface area contributed by atoms with Gasteiger partial charge in [0.15, 0.2) is 11.5 Å². The summed E-state index contributed by atoms with van der Waals surface area (Å²) in [6, 6.07) is 6.67. The van der Waals surface area contributed by atoms with Crippen molar-refractivity contribution in [1.29, 1.82) is 0 Å². The molecule has 0 fully saturated rings. The second-order valence-electron chi connectivity index (χ2n) is 5.94. The lowest BCUT2D eigenvalue weighted by molar-refractivity contribution is 0.171. The first-order valence-corrected chi connectivity index (χ1v) is 8.71. The molecule has 2 aromatic rings. The number of urea groups is 1. The lowest BCUT2D eigenvalue weighted by Crippen LogP contribution is -2.22. The molecule has 138 valence electrons. The maximum Gasteiger partial charge on any atom is 0.326 e. The molecule has 1 aliphatic heterocycles. The quantitative estimate of drug-likeness (QED) is 0.686. The average Bonchev–Trinajstić information content (AvgIpc) is 2.61. The Morgan fingerprint density at radius 3 is 2.73 bits per heavy atom. The summed E-state index contributed by atoms with van der Waals surface area (Å²) in [5.74, 6) is 2.23. The number of benzene rings is 1. The molecule has 0 radical (unpaired) electrons. The number of anilines is 3. The molecule has 0 atom stereocenters. The minimum absolute atomic E-state index is 0.249. The number of carbonyl (C=O) groups excluding carboxylic acids is 1. The fourth-order valence-corrected chi connectivity index (χ4v) is 2.49. The molecule has 0 saturated heterocycles. The predicted octanol–water partition coefficient (Wildman–Crippen LogP) is 3.41. The van der Waals surface area contributed by atoms with Crippen LogP contribution < -0.4 is 25.4 Å². The van der Waals surface area contributed by atoms with Gasteiger partial charge in [0.1, 0.15) is 19.0 Å². The third-order valence-corrected chi connectivity index (χ3v) is 3.72. The first-order valence-electron chi connectivity index (χ1n) is 8.71. The summed E-state index contributed by atoms with van der Waals surface area (Å²) in [7, 11) is 0. The van der Waals surface area contributed by atoms with Gasteiger partial charge in [-0.05, 0) is 25.5 Å². The van der Waals surface area contributed by atoms with E-state index >= 15 is 0 Å². The van der Waals surface area contributed by atoms with Crippen LogP contribution in [0.5, 0.6) is 11.5 Å². The standard InChI is InChI=1S/C18H23N5O3/c1-3-4-7-19-16-10-12(2)20-17(22-16)23-18(24)21-13-5-6-14-15(11-13)26-9-8-25-14/h5-6,10-11H,3-4,7-9H2,1-2H3,(H3,19,20,21,22,23,24). The van der Waals surface area contributed by atoms with Crippen molar-refractivity contribution in [3.8, 4) is 11.5 Å². The van der Waals surface area contributed by atoms with Gasteiger partial charge in [-0.2, -0.15) is 4.98 Å². The van der Waals surface area contributed by atoms with Crippen molar-refractivity contribution >= 4 is 23.5 Å². The van der Waals surface area contributed by atoms with Crippen molar-refractivity contribution in [3.63, 3.8) is 0 Å². The van der Waals surface area contributed by atoms with E-state index in [1.165, 1.54) is 0 Å². The monoisotopic (exact) mass is 357 g/mol. The first kappa shape index (κ1) is 17.8. The number of amides is 2. The van der Waals surface area contributed by atoms with Gasteiger partial charge in [-0.15, -0.1) is 0 Å². The summed E-state index contributed by atoms with van der Waals surface area (Å²) in [6.07, 6.45) is 2.15. The van der Waals surface area contributed by atoms with Crippen LogP contribution in [0, 0.1) is 6.92 Å². The minimum atomic E-state index is -0.424. The number of hydrogen-bond donors (Lipinski definition) is 3. The van der Waals surface area contributed by atoms with E-state index in [0.29, 0.717) is 36.2 Å². The van der Waals surface area contributed by atoms with Crippen LogP contribution in [0.25, 0.3) is 0 Å². The molecule has 2 heterocycles. The highest BCUT2D eigenvalue weighted by atomic mass is 16.6. The average molecular weight is 357 g/mol. The minimum Gasteiger partial charge on any atom is -0.486 e. The van der Waals surface area contributed by atoms with Gasteiger partial charge in [-0.3, -0.25) is 5.32 Å². The van der Waals surface area contributed by atoms with Gasteiger partial charge in [0, 0.05) is 30.1 Å². The molecule has 2 amide bonds. The Bertz CT molecular complexity index is 781. The molecule has 8 nitrogen and oxygen atoms in total. The molecule has 0 aliphatic carbocycles. The van der Waals surface area contributed by atoms with E-state index in [4.69, 9.17) is 9.47 Å². The van der Waals surface area contributed by atoms with Gasteiger partial charge in [-0.1, -0.05) is 13.3 Å². The number of nitrogens with one attached hydrogen (secondary N) is 3. The Kier molecular flexibility index (Phi) is 5.73. The molecule has 3 N–H and O–H groups in total. The summed E-state index contributed by atoms with van der Waals surface area (Å²) in [5.41, 5.74) is 1.37. The molecule has 0 saturated carbocycles. The first-order chi connectivity index (χ1) is 12.6. The van der Waals surface area contributed by atoms with Gasteiger partial charge in [-0.25, -0.2) is 9.78 Å². The molecule has 1 aromatic heterocycles. The third-order valence-electron chi connectivity index (χ3n) is 3.72. The van der Waals surface area contributed by atoms with Crippen LogP contribution in [0.3, 0.4) is 0 Å². The molecule has 8 heteroatoms. The van der Waals surface area contributed by atoms with Crippen LogP contribution in [-0.2, 0) is 0 Å². The topological polar surface area (TPSA) is 97.4 Å². The van der Waals surface area contributed by atoms with Crippen LogP contribution in [0.2, 0.25) is 0 Å². The zero-order chi connectivity index (χ0) is 18.4. The molecule has 26 heavy (non-hydrogen) atoms. The van der Waals surface area contributed by atoms with E-state index in [-0.39, 0.29) is 5.95 Å². The Hall–Kier alpha value is -3.03. The lowest BCUT2D eigenvalue weighted by atomic mass is 10.2. The number of rotatable bonds is 6. The fraction of sp³-hybridized carbons (Fsp3) is 0.389.